The Hall–Kier alpha value is -2.92. The number of nitro benzene ring substituents is 1. The van der Waals surface area contributed by atoms with E-state index in [1.54, 1.807) is 24.3 Å². The van der Waals surface area contributed by atoms with Crippen molar-refractivity contribution in [3.63, 3.8) is 0 Å². The van der Waals surface area contributed by atoms with Crippen molar-refractivity contribution in [3.8, 4) is 0 Å². The van der Waals surface area contributed by atoms with Crippen LogP contribution < -0.4 is 0 Å². The topological polar surface area (TPSA) is 118 Å². The molecule has 2 aromatic rings. The van der Waals surface area contributed by atoms with E-state index in [0.29, 0.717) is 12.8 Å². The first-order valence-corrected chi connectivity index (χ1v) is 12.7. The number of para-hydroxylation sites is 1. The zero-order chi connectivity index (χ0) is 25.4. The molecule has 0 N–H and O–H groups in total. The van der Waals surface area contributed by atoms with Gasteiger partial charge >= 0.3 is 0 Å². The number of benzene rings is 2. The van der Waals surface area contributed by atoms with Crippen LogP contribution in [0.15, 0.2) is 48.5 Å². The summed E-state index contributed by atoms with van der Waals surface area (Å²) >= 11 is 7.05. The third-order valence-electron chi connectivity index (χ3n) is 6.36. The van der Waals surface area contributed by atoms with Gasteiger partial charge in [-0.1, -0.05) is 73.8 Å². The maximum Gasteiger partial charge on any atom is 0.282 e. The lowest BCUT2D eigenvalue weighted by molar-refractivity contribution is -0.385. The summed E-state index contributed by atoms with van der Waals surface area (Å²) in [6.45, 7) is 1.23. The number of carbonyl (C=O) groups excluding carboxylic acids is 4. The van der Waals surface area contributed by atoms with Gasteiger partial charge < -0.3 is 0 Å². The zero-order valence-corrected chi connectivity index (χ0v) is 21.8. The van der Waals surface area contributed by atoms with Gasteiger partial charge in [0.15, 0.2) is 5.78 Å². The Balaban J connectivity index is 1.74. The molecule has 0 unspecified atom stereocenters. The third-order valence-corrected chi connectivity index (χ3v) is 9.10. The van der Waals surface area contributed by atoms with E-state index in [-0.39, 0.29) is 20.8 Å². The highest BCUT2D eigenvalue weighted by Crippen LogP contribution is 2.43. The van der Waals surface area contributed by atoms with Gasteiger partial charge in [-0.25, -0.2) is 5.01 Å². The minimum atomic E-state index is -0.969. The summed E-state index contributed by atoms with van der Waals surface area (Å²) in [5.74, 6) is -3.97. The number of ketones is 1. The number of alkyl halides is 2. The van der Waals surface area contributed by atoms with Crippen molar-refractivity contribution in [3.05, 3.63) is 75.3 Å². The molecule has 9 nitrogen and oxygen atoms in total. The van der Waals surface area contributed by atoms with E-state index in [2.05, 4.69) is 31.9 Å². The molecule has 2 fully saturated rings. The SMILES string of the molecule is Cc1ccc(C(=O)CN(C(=O)c2ccccc2[N+](=O)[O-])N2C(=O)[C@H]3C[C@H](Br)[C@@H](Br)C[C@H]3C2=O)cc1. The molecule has 0 spiro atoms. The van der Waals surface area contributed by atoms with Crippen molar-refractivity contribution < 1.29 is 24.1 Å². The number of nitrogens with zero attached hydrogens (tertiary/aromatic N) is 3. The molecule has 35 heavy (non-hydrogen) atoms. The number of hydrogen-bond acceptors (Lipinski definition) is 6. The lowest BCUT2D eigenvalue weighted by Crippen LogP contribution is -2.52. The molecule has 0 bridgehead atoms. The van der Waals surface area contributed by atoms with Crippen molar-refractivity contribution >= 4 is 61.1 Å². The number of aryl methyl sites for hydroxylation is 1. The molecular formula is C24H21Br2N3O6. The first kappa shape index (κ1) is 25.2. The Morgan fingerprint density at radius 3 is 2.09 bits per heavy atom. The lowest BCUT2D eigenvalue weighted by Gasteiger charge is -2.30. The highest BCUT2D eigenvalue weighted by molar-refractivity contribution is 9.12. The Labute approximate surface area is 217 Å². The number of rotatable bonds is 6. The fourth-order valence-corrected chi connectivity index (χ4v) is 5.71. The number of hydrogen-bond donors (Lipinski definition) is 0. The van der Waals surface area contributed by atoms with Gasteiger partial charge in [-0.3, -0.25) is 29.3 Å². The van der Waals surface area contributed by atoms with Crippen molar-refractivity contribution in [1.82, 2.24) is 10.0 Å². The first-order valence-electron chi connectivity index (χ1n) is 10.9. The van der Waals surface area contributed by atoms with Crippen molar-refractivity contribution in [2.24, 2.45) is 11.8 Å². The molecule has 4 atom stereocenters. The second-order valence-corrected chi connectivity index (χ2v) is 11.0. The van der Waals surface area contributed by atoms with Crippen LogP contribution in [0, 0.1) is 28.9 Å². The summed E-state index contributed by atoms with van der Waals surface area (Å²) in [7, 11) is 0. The molecule has 0 radical (unpaired) electrons. The minimum absolute atomic E-state index is 0.0472. The standard InChI is InChI=1S/C24H21Br2N3O6/c1-13-6-8-14(9-7-13)21(30)12-27(22(31)15-4-2-3-5-20(15)29(34)35)28-23(32)16-10-18(25)19(26)11-17(16)24(28)33/h2-9,16-19H,10-12H2,1H3/t16-,17+,18-,19-/m0/s1. The summed E-state index contributed by atoms with van der Waals surface area (Å²) in [5, 5.41) is 13.1. The van der Waals surface area contributed by atoms with Gasteiger partial charge in [0.25, 0.3) is 23.4 Å². The Bertz CT molecular complexity index is 1190. The Kier molecular flexibility index (Phi) is 7.18. The Morgan fingerprint density at radius 2 is 1.54 bits per heavy atom. The number of imide groups is 1. The van der Waals surface area contributed by atoms with E-state index in [1.807, 2.05) is 6.92 Å². The van der Waals surface area contributed by atoms with Crippen LogP contribution in [0.3, 0.4) is 0 Å². The molecule has 2 aliphatic rings. The number of Topliss-reactive ketones (excluding diaryl/α,β-unsaturated/α-hetero) is 1. The molecule has 2 aromatic carbocycles. The number of amides is 3. The number of halogens is 2. The predicted octanol–water partition coefficient (Wildman–Crippen LogP) is 4.07. The maximum absolute atomic E-state index is 13.6. The molecule has 11 heteroatoms. The first-order chi connectivity index (χ1) is 16.6. The van der Waals surface area contributed by atoms with Crippen LogP contribution in [-0.2, 0) is 9.59 Å². The molecule has 1 aliphatic heterocycles. The summed E-state index contributed by atoms with van der Waals surface area (Å²) in [6.07, 6.45) is 0.752. The largest absolute Gasteiger partial charge is 0.292 e. The van der Waals surface area contributed by atoms with Crippen LogP contribution in [-0.4, -0.2) is 54.6 Å². The van der Waals surface area contributed by atoms with Crippen molar-refractivity contribution in [2.75, 3.05) is 6.54 Å². The molecule has 182 valence electrons. The van der Waals surface area contributed by atoms with Gasteiger partial charge in [0.1, 0.15) is 12.1 Å². The summed E-state index contributed by atoms with van der Waals surface area (Å²) in [5.41, 5.74) is 0.412. The second-order valence-electron chi connectivity index (χ2n) is 8.63. The second kappa shape index (κ2) is 9.98. The van der Waals surface area contributed by atoms with E-state index in [0.717, 1.165) is 21.6 Å². The molecule has 1 saturated carbocycles. The summed E-state index contributed by atoms with van der Waals surface area (Å²) in [6, 6.07) is 11.9. The Morgan fingerprint density at radius 1 is 1.00 bits per heavy atom. The molecule has 1 heterocycles. The molecule has 4 rings (SSSR count). The van der Waals surface area contributed by atoms with Crippen LogP contribution >= 0.6 is 31.9 Å². The van der Waals surface area contributed by atoms with Gasteiger partial charge in [0, 0.05) is 21.3 Å². The smallest absolute Gasteiger partial charge is 0.282 e. The van der Waals surface area contributed by atoms with Crippen LogP contribution in [0.5, 0.6) is 0 Å². The summed E-state index contributed by atoms with van der Waals surface area (Å²) < 4.78 is 0. The average molecular weight is 607 g/mol. The quantitative estimate of drug-likeness (QED) is 0.161. The van der Waals surface area contributed by atoms with E-state index in [1.165, 1.54) is 18.2 Å². The van der Waals surface area contributed by atoms with Crippen molar-refractivity contribution in [2.45, 2.75) is 29.4 Å². The van der Waals surface area contributed by atoms with Crippen LogP contribution in [0.4, 0.5) is 5.69 Å². The number of carbonyl (C=O) groups is 4. The molecule has 1 aliphatic carbocycles. The minimum Gasteiger partial charge on any atom is -0.292 e. The van der Waals surface area contributed by atoms with E-state index >= 15 is 0 Å². The zero-order valence-electron chi connectivity index (χ0n) is 18.6. The summed E-state index contributed by atoms with van der Waals surface area (Å²) in [4.78, 5) is 64.3. The fraction of sp³-hybridized carbons (Fsp3) is 0.333. The number of nitro groups is 1. The van der Waals surface area contributed by atoms with E-state index in [9.17, 15) is 29.3 Å². The van der Waals surface area contributed by atoms with Gasteiger partial charge in [0.2, 0.25) is 0 Å². The van der Waals surface area contributed by atoms with Gasteiger partial charge in [-0.2, -0.15) is 5.01 Å². The molecule has 1 saturated heterocycles. The monoisotopic (exact) mass is 605 g/mol. The highest BCUT2D eigenvalue weighted by atomic mass is 79.9. The molecular weight excluding hydrogens is 586 g/mol. The highest BCUT2D eigenvalue weighted by Gasteiger charge is 2.55. The normalized spacial score (nSPS) is 23.7. The van der Waals surface area contributed by atoms with Crippen LogP contribution in [0.1, 0.15) is 39.1 Å². The van der Waals surface area contributed by atoms with Gasteiger partial charge in [-0.15, -0.1) is 0 Å². The van der Waals surface area contributed by atoms with Crippen LogP contribution in [0.25, 0.3) is 0 Å². The van der Waals surface area contributed by atoms with Gasteiger partial charge in [-0.05, 0) is 25.8 Å². The molecule has 0 aromatic heterocycles. The van der Waals surface area contributed by atoms with E-state index < -0.39 is 52.5 Å². The van der Waals surface area contributed by atoms with Gasteiger partial charge in [0.05, 0.1) is 16.8 Å². The van der Waals surface area contributed by atoms with E-state index in [4.69, 9.17) is 0 Å². The molecule has 3 amide bonds. The van der Waals surface area contributed by atoms with Crippen molar-refractivity contribution in [1.29, 1.82) is 0 Å². The predicted molar refractivity (Wildman–Crippen MR) is 133 cm³/mol. The third kappa shape index (κ3) is 4.79. The number of hydrazine groups is 1. The lowest BCUT2D eigenvalue weighted by atomic mass is 9.81. The average Bonchev–Trinajstić information content (AvgIpc) is 3.06. The number of fused-ring (bicyclic) bond motifs is 1. The van der Waals surface area contributed by atoms with Crippen LogP contribution in [0.2, 0.25) is 0 Å². The fourth-order valence-electron chi connectivity index (χ4n) is 4.47. The maximum atomic E-state index is 13.6.